The number of unbranched alkanes of at least 4 members (excludes halogenated alkanes) is 2. The summed E-state index contributed by atoms with van der Waals surface area (Å²) in [6.07, 6.45) is 5.11. The predicted molar refractivity (Wildman–Crippen MR) is 92.9 cm³/mol. The van der Waals surface area contributed by atoms with Gasteiger partial charge in [0.2, 0.25) is 9.92 Å². The third kappa shape index (κ3) is 12.0. The highest BCUT2D eigenvalue weighted by atomic mass is 28.5. The van der Waals surface area contributed by atoms with Crippen LogP contribution in [-0.2, 0) is 8.23 Å². The summed E-state index contributed by atoms with van der Waals surface area (Å²) in [5.74, 6) is 0. The zero-order valence-corrected chi connectivity index (χ0v) is 17.6. The van der Waals surface area contributed by atoms with Crippen molar-refractivity contribution in [3.63, 3.8) is 0 Å². The molecule has 116 valence electrons. The maximum absolute atomic E-state index is 6.28. The van der Waals surface area contributed by atoms with E-state index in [1.165, 1.54) is 38.8 Å². The lowest BCUT2D eigenvalue weighted by molar-refractivity contribution is 0.340. The molecule has 0 aliphatic carbocycles. The van der Waals surface area contributed by atoms with E-state index in [0.29, 0.717) is 0 Å². The molecule has 0 spiro atoms. The highest BCUT2D eigenvalue weighted by Crippen LogP contribution is 2.15. The largest absolute Gasteiger partial charge is 0.437 e. The molecular weight excluding hydrogens is 286 g/mol. The van der Waals surface area contributed by atoms with Crippen LogP contribution < -0.4 is 0 Å². The van der Waals surface area contributed by atoms with Crippen LogP contribution in [0.15, 0.2) is 0 Å². The third-order valence-electron chi connectivity index (χ3n) is 2.80. The predicted octanol–water partition coefficient (Wildman–Crippen LogP) is 3.46. The van der Waals surface area contributed by atoms with E-state index in [-0.39, 0.29) is 0 Å². The minimum atomic E-state index is -1.90. The molecule has 0 aromatic carbocycles. The smallest absolute Gasteiger partial charge is 0.311 e. The first kappa shape index (κ1) is 19.5. The fraction of sp³-hybridized carbons (Fsp3) is 1.00. The summed E-state index contributed by atoms with van der Waals surface area (Å²) >= 11 is 0. The lowest BCUT2D eigenvalue weighted by Crippen LogP contribution is -2.48. The molecule has 0 radical (unpaired) electrons. The second-order valence-electron chi connectivity index (χ2n) is 6.71. The van der Waals surface area contributed by atoms with Crippen LogP contribution in [0.4, 0.5) is 0 Å². The standard InChI is InChI=1S/C13H35NO2Si3/c1-8-10-12-14(13-11-9-2)17-15-19(6,7)16-18(3,4)5/h8-13,17H2,1-7H3. The van der Waals surface area contributed by atoms with Crippen molar-refractivity contribution < 1.29 is 8.23 Å². The molecule has 0 rings (SSSR count). The van der Waals surface area contributed by atoms with E-state index in [2.05, 4.69) is 51.1 Å². The molecule has 0 atom stereocenters. The maximum Gasteiger partial charge on any atom is 0.311 e. The molecule has 0 bridgehead atoms. The molecule has 0 unspecified atom stereocenters. The van der Waals surface area contributed by atoms with Crippen LogP contribution in [0.25, 0.3) is 0 Å². The Balaban J connectivity index is 4.19. The molecule has 19 heavy (non-hydrogen) atoms. The van der Waals surface area contributed by atoms with Gasteiger partial charge in [-0.25, -0.2) is 0 Å². The molecule has 0 saturated heterocycles. The second-order valence-corrected chi connectivity index (χ2v) is 16.9. The van der Waals surface area contributed by atoms with E-state index in [4.69, 9.17) is 8.23 Å². The topological polar surface area (TPSA) is 21.7 Å². The SMILES string of the molecule is CCCCN(CCCC)[SiH2]O[Si](C)(C)O[Si](C)(C)C. The summed E-state index contributed by atoms with van der Waals surface area (Å²) in [4.78, 5) is 0. The van der Waals surface area contributed by atoms with E-state index in [1.807, 2.05) is 0 Å². The zero-order valence-electron chi connectivity index (χ0n) is 14.2. The molecular formula is C13H35NO2Si3. The first-order valence-corrected chi connectivity index (χ1v) is 15.2. The van der Waals surface area contributed by atoms with Gasteiger partial charge in [0.25, 0.3) is 0 Å². The summed E-state index contributed by atoms with van der Waals surface area (Å²) in [5.41, 5.74) is 0. The van der Waals surface area contributed by atoms with Gasteiger partial charge in [-0.1, -0.05) is 26.7 Å². The molecule has 0 aromatic rings. The van der Waals surface area contributed by atoms with Crippen LogP contribution in [0.5, 0.6) is 0 Å². The van der Waals surface area contributed by atoms with E-state index in [1.54, 1.807) is 0 Å². The average Bonchev–Trinajstić information content (AvgIpc) is 2.25. The second kappa shape index (κ2) is 9.46. The van der Waals surface area contributed by atoms with Crippen molar-refractivity contribution in [2.24, 2.45) is 0 Å². The van der Waals surface area contributed by atoms with Gasteiger partial charge in [-0.3, -0.25) is 0 Å². The van der Waals surface area contributed by atoms with Gasteiger partial charge in [0.1, 0.15) is 0 Å². The third-order valence-corrected chi connectivity index (χ3v) is 11.5. The monoisotopic (exact) mass is 321 g/mol. The Morgan fingerprint density at radius 3 is 1.74 bits per heavy atom. The molecule has 3 nitrogen and oxygen atoms in total. The Hall–Kier alpha value is 0.531. The van der Waals surface area contributed by atoms with Gasteiger partial charge in [0, 0.05) is 0 Å². The minimum Gasteiger partial charge on any atom is -0.437 e. The van der Waals surface area contributed by atoms with Crippen LogP contribution in [0.3, 0.4) is 0 Å². The van der Waals surface area contributed by atoms with Gasteiger partial charge in [-0.15, -0.1) is 0 Å². The Labute approximate surface area is 125 Å². The first-order valence-electron chi connectivity index (χ1n) is 7.76. The Morgan fingerprint density at radius 1 is 0.895 bits per heavy atom. The van der Waals surface area contributed by atoms with Crippen molar-refractivity contribution in [2.45, 2.75) is 72.3 Å². The first-order chi connectivity index (χ1) is 8.70. The van der Waals surface area contributed by atoms with E-state index >= 15 is 0 Å². The molecule has 0 saturated carbocycles. The fourth-order valence-corrected chi connectivity index (χ4v) is 11.4. The normalized spacial score (nSPS) is 13.9. The van der Waals surface area contributed by atoms with Gasteiger partial charge in [0.15, 0.2) is 8.32 Å². The van der Waals surface area contributed by atoms with Gasteiger partial charge < -0.3 is 12.8 Å². The van der Waals surface area contributed by atoms with Gasteiger partial charge in [0.05, 0.1) is 0 Å². The van der Waals surface area contributed by atoms with Crippen molar-refractivity contribution in [3.05, 3.63) is 0 Å². The van der Waals surface area contributed by atoms with Crippen molar-refractivity contribution in [3.8, 4) is 0 Å². The molecule has 6 heteroatoms. The number of rotatable bonds is 11. The van der Waals surface area contributed by atoms with Gasteiger partial charge in [-0.05, 0) is 58.7 Å². The highest BCUT2D eigenvalue weighted by molar-refractivity contribution is 6.82. The molecule has 0 amide bonds. The zero-order chi connectivity index (χ0) is 14.9. The number of hydrogen-bond acceptors (Lipinski definition) is 3. The molecule has 0 aliphatic rings. The van der Waals surface area contributed by atoms with Crippen molar-refractivity contribution in [1.82, 2.24) is 4.57 Å². The van der Waals surface area contributed by atoms with Crippen LogP contribution >= 0.6 is 0 Å². The Kier molecular flexibility index (Phi) is 9.73. The average molecular weight is 322 g/mol. The Morgan fingerprint density at radius 2 is 1.37 bits per heavy atom. The van der Waals surface area contributed by atoms with E-state index < -0.39 is 26.8 Å². The Bertz CT molecular complexity index is 224. The molecule has 0 heterocycles. The van der Waals surface area contributed by atoms with Crippen LogP contribution in [0, 0.1) is 0 Å². The number of hydrogen-bond donors (Lipinski definition) is 0. The molecule has 0 aromatic heterocycles. The number of nitrogens with zero attached hydrogens (tertiary/aromatic N) is 1. The molecule has 0 aliphatic heterocycles. The maximum atomic E-state index is 6.28. The van der Waals surface area contributed by atoms with E-state index in [0.717, 1.165) is 0 Å². The van der Waals surface area contributed by atoms with Crippen molar-refractivity contribution in [2.75, 3.05) is 13.1 Å². The van der Waals surface area contributed by atoms with Crippen LogP contribution in [0.2, 0.25) is 32.7 Å². The van der Waals surface area contributed by atoms with E-state index in [9.17, 15) is 0 Å². The van der Waals surface area contributed by atoms with Gasteiger partial charge in [-0.2, -0.15) is 0 Å². The minimum absolute atomic E-state index is 0.596. The molecule has 0 N–H and O–H groups in total. The fourth-order valence-electron chi connectivity index (χ4n) is 2.02. The van der Waals surface area contributed by atoms with Crippen LogP contribution in [0.1, 0.15) is 39.5 Å². The lowest BCUT2D eigenvalue weighted by atomic mass is 10.3. The lowest BCUT2D eigenvalue weighted by Gasteiger charge is -2.33. The van der Waals surface area contributed by atoms with Crippen molar-refractivity contribution in [1.29, 1.82) is 0 Å². The summed E-state index contributed by atoms with van der Waals surface area (Å²) in [6.45, 7) is 18.1. The molecule has 0 fully saturated rings. The summed E-state index contributed by atoms with van der Waals surface area (Å²) in [5, 5.41) is 0. The van der Waals surface area contributed by atoms with Gasteiger partial charge >= 0.3 is 8.56 Å². The van der Waals surface area contributed by atoms with Crippen molar-refractivity contribution >= 4 is 26.8 Å². The summed E-state index contributed by atoms with van der Waals surface area (Å²) in [6, 6.07) is 0. The summed E-state index contributed by atoms with van der Waals surface area (Å²) < 4.78 is 15.1. The highest BCUT2D eigenvalue weighted by Gasteiger charge is 2.31. The quantitative estimate of drug-likeness (QED) is 0.544. The van der Waals surface area contributed by atoms with Crippen LogP contribution in [-0.4, -0.2) is 44.5 Å². The summed E-state index contributed by atoms with van der Waals surface area (Å²) in [7, 11) is -3.97.